The molecule has 0 aromatic heterocycles. The van der Waals surface area contributed by atoms with Gasteiger partial charge in [-0.2, -0.15) is 0 Å². The summed E-state index contributed by atoms with van der Waals surface area (Å²) in [5, 5.41) is 15.4. The number of likely N-dealkylation sites (tertiary alicyclic amines) is 1. The van der Waals surface area contributed by atoms with Crippen LogP contribution in [0.2, 0.25) is 5.02 Å². The third-order valence-corrected chi connectivity index (χ3v) is 8.66. The number of para-hydroxylation sites is 1. The molecule has 9 heteroatoms. The van der Waals surface area contributed by atoms with E-state index in [0.717, 1.165) is 19.3 Å². The van der Waals surface area contributed by atoms with Gasteiger partial charge in [0.1, 0.15) is 11.6 Å². The van der Waals surface area contributed by atoms with Gasteiger partial charge in [-0.15, -0.1) is 0 Å². The molecule has 3 unspecified atom stereocenters. The van der Waals surface area contributed by atoms with Gasteiger partial charge < -0.3 is 25.4 Å². The summed E-state index contributed by atoms with van der Waals surface area (Å²) in [7, 11) is 0. The molecule has 3 aliphatic heterocycles. The first-order valence-electron chi connectivity index (χ1n) is 13.2. The van der Waals surface area contributed by atoms with E-state index in [0.29, 0.717) is 43.1 Å². The number of rotatable bonds is 11. The molecule has 1 aromatic carbocycles. The van der Waals surface area contributed by atoms with Crippen molar-refractivity contribution in [3.63, 3.8) is 0 Å². The van der Waals surface area contributed by atoms with Crippen LogP contribution in [0.5, 0.6) is 0 Å². The Morgan fingerprint density at radius 1 is 1.19 bits per heavy atom. The highest BCUT2D eigenvalue weighted by molar-refractivity contribution is 6.33. The van der Waals surface area contributed by atoms with Crippen LogP contribution in [0.1, 0.15) is 59.3 Å². The molecule has 0 radical (unpaired) electrons. The number of aliphatic hydroxyl groups is 1. The van der Waals surface area contributed by atoms with Crippen LogP contribution < -0.4 is 10.6 Å². The maximum Gasteiger partial charge on any atom is 0.250 e. The van der Waals surface area contributed by atoms with E-state index in [4.69, 9.17) is 21.4 Å². The second kappa shape index (κ2) is 10.7. The molecule has 3 N–H and O–H groups in total. The Morgan fingerprint density at radius 3 is 2.61 bits per heavy atom. The number of amides is 3. The molecule has 36 heavy (non-hydrogen) atoms. The minimum Gasteiger partial charge on any atom is -0.396 e. The quantitative estimate of drug-likeness (QED) is 0.388. The van der Waals surface area contributed by atoms with Crippen LogP contribution in [-0.4, -0.2) is 64.7 Å². The van der Waals surface area contributed by atoms with Gasteiger partial charge in [-0.25, -0.2) is 0 Å². The average Bonchev–Trinajstić information content (AvgIpc) is 3.35. The molecule has 1 spiro atoms. The van der Waals surface area contributed by atoms with Gasteiger partial charge in [-0.3, -0.25) is 14.4 Å². The van der Waals surface area contributed by atoms with Gasteiger partial charge in [0, 0.05) is 19.7 Å². The fourth-order valence-corrected chi connectivity index (χ4v) is 6.73. The Labute approximate surface area is 218 Å². The maximum absolute atomic E-state index is 14.0. The molecule has 3 saturated heterocycles. The maximum atomic E-state index is 14.0. The standard InChI is InChI=1S/C27H38ClN3O5/c1-4-13-29-23(33)20-21-25(35)31(14-9-5-6-10-15-32)22(27(21)16-17(2)26(20,3)36-27)24(34)30-19-12-8-7-11-18(19)28/h7-8,11-12,17,20-22,32H,4-6,9-10,13-16H2,1-3H3,(H,29,33)(H,30,34)/t17?,20-,21-,22?,26+,27?/m0/s1. The number of carbonyl (C=O) groups excluding carboxylic acids is 3. The van der Waals surface area contributed by atoms with Crippen LogP contribution in [0.15, 0.2) is 24.3 Å². The zero-order valence-electron chi connectivity index (χ0n) is 21.4. The molecule has 0 saturated carbocycles. The first kappa shape index (κ1) is 26.9. The summed E-state index contributed by atoms with van der Waals surface area (Å²) in [4.78, 5) is 42.9. The van der Waals surface area contributed by atoms with Crippen molar-refractivity contribution < 1.29 is 24.2 Å². The van der Waals surface area contributed by atoms with E-state index < -0.39 is 29.1 Å². The fraction of sp³-hybridized carbons (Fsp3) is 0.667. The van der Waals surface area contributed by atoms with Crippen LogP contribution in [-0.2, 0) is 19.1 Å². The van der Waals surface area contributed by atoms with Crippen molar-refractivity contribution >= 4 is 35.0 Å². The van der Waals surface area contributed by atoms with E-state index in [1.807, 2.05) is 20.8 Å². The highest BCUT2D eigenvalue weighted by atomic mass is 35.5. The molecule has 8 nitrogen and oxygen atoms in total. The van der Waals surface area contributed by atoms with Crippen LogP contribution >= 0.6 is 11.6 Å². The molecular formula is C27H38ClN3O5. The topological polar surface area (TPSA) is 108 Å². The third-order valence-electron chi connectivity index (χ3n) is 8.33. The van der Waals surface area contributed by atoms with Crippen LogP contribution in [0.3, 0.4) is 0 Å². The number of nitrogens with zero attached hydrogens (tertiary/aromatic N) is 1. The summed E-state index contributed by atoms with van der Waals surface area (Å²) < 4.78 is 6.69. The summed E-state index contributed by atoms with van der Waals surface area (Å²) in [5.74, 6) is -2.09. The monoisotopic (exact) mass is 519 g/mol. The number of aliphatic hydroxyl groups excluding tert-OH is 1. The van der Waals surface area contributed by atoms with Crippen molar-refractivity contribution in [2.75, 3.05) is 25.0 Å². The lowest BCUT2D eigenvalue weighted by Crippen LogP contribution is -2.54. The zero-order chi connectivity index (χ0) is 26.1. The minimum absolute atomic E-state index is 0.000885. The lowest BCUT2D eigenvalue weighted by Gasteiger charge is -2.36. The normalized spacial score (nSPS) is 32.6. The van der Waals surface area contributed by atoms with Crippen molar-refractivity contribution in [1.82, 2.24) is 10.2 Å². The summed E-state index contributed by atoms with van der Waals surface area (Å²) in [6.45, 7) is 6.99. The number of fused-ring (bicyclic) bond motifs is 1. The summed E-state index contributed by atoms with van der Waals surface area (Å²) in [5.41, 5.74) is -1.42. The number of ether oxygens (including phenoxy) is 1. The van der Waals surface area contributed by atoms with E-state index in [9.17, 15) is 14.4 Å². The van der Waals surface area contributed by atoms with E-state index in [2.05, 4.69) is 10.6 Å². The van der Waals surface area contributed by atoms with E-state index in [1.165, 1.54) is 0 Å². The van der Waals surface area contributed by atoms with Gasteiger partial charge in [0.15, 0.2) is 0 Å². The molecule has 6 atom stereocenters. The van der Waals surface area contributed by atoms with E-state index >= 15 is 0 Å². The van der Waals surface area contributed by atoms with E-state index in [-0.39, 0.29) is 30.2 Å². The number of hydrogen-bond acceptors (Lipinski definition) is 5. The number of unbranched alkanes of at least 4 members (excludes halogenated alkanes) is 3. The number of nitrogens with one attached hydrogen (secondary N) is 2. The molecule has 3 heterocycles. The number of carbonyl (C=O) groups is 3. The smallest absolute Gasteiger partial charge is 0.250 e. The predicted molar refractivity (Wildman–Crippen MR) is 137 cm³/mol. The summed E-state index contributed by atoms with van der Waals surface area (Å²) in [6, 6.07) is 6.14. The fourth-order valence-electron chi connectivity index (χ4n) is 6.55. The van der Waals surface area contributed by atoms with Crippen LogP contribution in [0, 0.1) is 17.8 Å². The lowest BCUT2D eigenvalue weighted by molar-refractivity contribution is -0.146. The molecular weight excluding hydrogens is 482 g/mol. The van der Waals surface area contributed by atoms with Gasteiger partial charge in [0.2, 0.25) is 17.7 Å². The van der Waals surface area contributed by atoms with Gasteiger partial charge in [-0.1, -0.05) is 50.4 Å². The second-order valence-corrected chi connectivity index (χ2v) is 11.0. The van der Waals surface area contributed by atoms with Crippen LogP contribution in [0.4, 0.5) is 5.69 Å². The van der Waals surface area contributed by atoms with Crippen molar-refractivity contribution in [3.05, 3.63) is 29.3 Å². The Kier molecular flexibility index (Phi) is 7.98. The first-order chi connectivity index (χ1) is 17.2. The van der Waals surface area contributed by atoms with Gasteiger partial charge in [0.05, 0.1) is 28.1 Å². The number of hydrogen-bond donors (Lipinski definition) is 3. The van der Waals surface area contributed by atoms with Gasteiger partial charge >= 0.3 is 0 Å². The Bertz CT molecular complexity index is 1010. The number of anilines is 1. The highest BCUT2D eigenvalue weighted by Gasteiger charge is 2.79. The Hall–Kier alpha value is -2.16. The number of halogens is 1. The van der Waals surface area contributed by atoms with Crippen LogP contribution in [0.25, 0.3) is 0 Å². The number of benzene rings is 1. The van der Waals surface area contributed by atoms with Crippen molar-refractivity contribution in [2.45, 2.75) is 76.5 Å². The summed E-state index contributed by atoms with van der Waals surface area (Å²) in [6.07, 6.45) is 4.39. The molecule has 198 valence electrons. The van der Waals surface area contributed by atoms with Gasteiger partial charge in [-0.05, 0) is 50.7 Å². The largest absolute Gasteiger partial charge is 0.396 e. The molecule has 2 bridgehead atoms. The Morgan fingerprint density at radius 2 is 1.92 bits per heavy atom. The highest BCUT2D eigenvalue weighted by Crippen LogP contribution is 2.65. The lowest BCUT2D eigenvalue weighted by atomic mass is 9.62. The van der Waals surface area contributed by atoms with Crippen molar-refractivity contribution in [2.24, 2.45) is 17.8 Å². The zero-order valence-corrected chi connectivity index (χ0v) is 22.1. The average molecular weight is 520 g/mol. The Balaban J connectivity index is 1.68. The molecule has 3 amide bonds. The SMILES string of the molecule is CCCNC(=O)[C@@H]1[C@H]2C(=O)N(CCCCCCO)C(C(=O)Nc3ccccc3Cl)C23CC(C)[C@@]1(C)O3. The van der Waals surface area contributed by atoms with Crippen molar-refractivity contribution in [3.8, 4) is 0 Å². The molecule has 3 fully saturated rings. The van der Waals surface area contributed by atoms with Crippen molar-refractivity contribution in [1.29, 1.82) is 0 Å². The van der Waals surface area contributed by atoms with Gasteiger partial charge in [0.25, 0.3) is 0 Å². The molecule has 3 aliphatic rings. The summed E-state index contributed by atoms with van der Waals surface area (Å²) >= 11 is 6.32. The molecule has 0 aliphatic carbocycles. The predicted octanol–water partition coefficient (Wildman–Crippen LogP) is 3.37. The third kappa shape index (κ3) is 4.41. The molecule has 1 aromatic rings. The molecule has 4 rings (SSSR count). The van der Waals surface area contributed by atoms with E-state index in [1.54, 1.807) is 29.2 Å². The first-order valence-corrected chi connectivity index (χ1v) is 13.5. The second-order valence-electron chi connectivity index (χ2n) is 10.6. The minimum atomic E-state index is -1.07.